The van der Waals surface area contributed by atoms with Gasteiger partial charge in [-0.3, -0.25) is 4.21 Å². The fraction of sp³-hybridized carbons (Fsp3) is 0.667. The Morgan fingerprint density at radius 3 is 2.94 bits per heavy atom. The molecule has 1 rings (SSSR count). The van der Waals surface area contributed by atoms with E-state index in [0.29, 0.717) is 11.8 Å². The van der Waals surface area contributed by atoms with E-state index in [1.165, 1.54) is 5.69 Å². The Balaban J connectivity index is 2.41. The van der Waals surface area contributed by atoms with Gasteiger partial charge in [-0.1, -0.05) is 6.92 Å². The van der Waals surface area contributed by atoms with Crippen LogP contribution in [-0.4, -0.2) is 26.8 Å². The molecule has 1 aromatic rings. The maximum atomic E-state index is 11.1. The average molecular weight is 242 g/mol. The molecule has 4 heteroatoms. The van der Waals surface area contributed by atoms with Crippen LogP contribution >= 0.6 is 0 Å². The number of hydrogen-bond donors (Lipinski definition) is 1. The van der Waals surface area contributed by atoms with Crippen molar-refractivity contribution in [2.45, 2.75) is 39.4 Å². The first kappa shape index (κ1) is 13.5. The van der Waals surface area contributed by atoms with Gasteiger partial charge in [0.15, 0.2) is 0 Å². The summed E-state index contributed by atoms with van der Waals surface area (Å²) in [6.07, 6.45) is 5.01. The zero-order chi connectivity index (χ0) is 12.0. The second-order valence-electron chi connectivity index (χ2n) is 4.21. The van der Waals surface area contributed by atoms with Gasteiger partial charge in [0.2, 0.25) is 0 Å². The maximum absolute atomic E-state index is 11.1. The first-order valence-electron chi connectivity index (χ1n) is 5.81. The molecule has 0 bridgehead atoms. The lowest BCUT2D eigenvalue weighted by molar-refractivity contribution is 0.552. The molecule has 0 spiro atoms. The second kappa shape index (κ2) is 6.86. The van der Waals surface area contributed by atoms with Crippen molar-refractivity contribution in [2.75, 3.05) is 12.0 Å². The molecule has 0 amide bonds. The van der Waals surface area contributed by atoms with Crippen LogP contribution in [0.4, 0.5) is 0 Å². The molecule has 2 unspecified atom stereocenters. The molecule has 16 heavy (non-hydrogen) atoms. The van der Waals surface area contributed by atoms with Crippen LogP contribution in [0.2, 0.25) is 0 Å². The van der Waals surface area contributed by atoms with Crippen LogP contribution in [0.5, 0.6) is 0 Å². The largest absolute Gasteiger partial charge is 0.350 e. The lowest BCUT2D eigenvalue weighted by Crippen LogP contribution is -2.31. The van der Waals surface area contributed by atoms with Gasteiger partial charge in [0.25, 0.3) is 0 Å². The SMILES string of the molecule is CCCn1cccc1CNC(C)CS(C)=O. The third-order valence-electron chi connectivity index (χ3n) is 2.50. The van der Waals surface area contributed by atoms with Gasteiger partial charge in [-0.25, -0.2) is 0 Å². The van der Waals surface area contributed by atoms with Gasteiger partial charge in [-0.15, -0.1) is 0 Å². The number of aryl methyl sites for hydroxylation is 1. The molecule has 1 heterocycles. The van der Waals surface area contributed by atoms with E-state index < -0.39 is 10.8 Å². The molecule has 0 aliphatic rings. The topological polar surface area (TPSA) is 34.0 Å². The molecule has 3 nitrogen and oxygen atoms in total. The monoisotopic (exact) mass is 242 g/mol. The molecule has 0 saturated heterocycles. The standard InChI is InChI=1S/C12H22N2OS/c1-4-7-14-8-5-6-12(14)9-13-11(2)10-16(3)15/h5-6,8,11,13H,4,7,9-10H2,1-3H3. The Kier molecular flexibility index (Phi) is 5.77. The van der Waals surface area contributed by atoms with Crippen molar-refractivity contribution >= 4 is 10.8 Å². The van der Waals surface area contributed by atoms with E-state index in [2.05, 4.69) is 42.1 Å². The van der Waals surface area contributed by atoms with Gasteiger partial charge in [-0.05, 0) is 25.5 Å². The van der Waals surface area contributed by atoms with Crippen LogP contribution in [0.15, 0.2) is 18.3 Å². The molecule has 1 N–H and O–H groups in total. The minimum atomic E-state index is -0.722. The zero-order valence-electron chi connectivity index (χ0n) is 10.4. The van der Waals surface area contributed by atoms with Gasteiger partial charge < -0.3 is 9.88 Å². The lowest BCUT2D eigenvalue weighted by Gasteiger charge is -2.14. The molecular weight excluding hydrogens is 220 g/mol. The Bertz CT molecular complexity index is 336. The van der Waals surface area contributed by atoms with E-state index >= 15 is 0 Å². The van der Waals surface area contributed by atoms with E-state index in [-0.39, 0.29) is 0 Å². The van der Waals surface area contributed by atoms with Gasteiger partial charge in [-0.2, -0.15) is 0 Å². The number of nitrogens with zero attached hydrogens (tertiary/aromatic N) is 1. The fourth-order valence-electron chi connectivity index (χ4n) is 1.76. The first-order chi connectivity index (χ1) is 7.63. The summed E-state index contributed by atoms with van der Waals surface area (Å²) in [6.45, 7) is 6.18. The van der Waals surface area contributed by atoms with E-state index in [9.17, 15) is 4.21 Å². The lowest BCUT2D eigenvalue weighted by atomic mass is 10.3. The summed E-state index contributed by atoms with van der Waals surface area (Å²) in [6, 6.07) is 4.52. The van der Waals surface area contributed by atoms with Gasteiger partial charge in [0, 0.05) is 53.8 Å². The molecule has 0 aliphatic carbocycles. The minimum Gasteiger partial charge on any atom is -0.350 e. The molecule has 1 aromatic heterocycles. The average Bonchev–Trinajstić information content (AvgIpc) is 2.62. The third kappa shape index (κ3) is 4.49. The van der Waals surface area contributed by atoms with Crippen LogP contribution in [0.25, 0.3) is 0 Å². The summed E-state index contributed by atoms with van der Waals surface area (Å²) in [5.74, 6) is 0.717. The summed E-state index contributed by atoms with van der Waals surface area (Å²) < 4.78 is 13.3. The minimum absolute atomic E-state index is 0.302. The van der Waals surface area contributed by atoms with Crippen molar-refractivity contribution in [3.63, 3.8) is 0 Å². The van der Waals surface area contributed by atoms with Crippen LogP contribution in [0.3, 0.4) is 0 Å². The van der Waals surface area contributed by atoms with E-state index in [0.717, 1.165) is 19.5 Å². The molecule has 0 fully saturated rings. The normalized spacial score (nSPS) is 14.9. The van der Waals surface area contributed by atoms with Crippen molar-refractivity contribution < 1.29 is 4.21 Å². The Hall–Kier alpha value is -0.610. The third-order valence-corrected chi connectivity index (χ3v) is 3.47. The highest BCUT2D eigenvalue weighted by molar-refractivity contribution is 7.84. The summed E-state index contributed by atoms with van der Waals surface area (Å²) in [5.41, 5.74) is 1.30. The van der Waals surface area contributed by atoms with E-state index in [1.54, 1.807) is 6.26 Å². The Morgan fingerprint density at radius 2 is 2.31 bits per heavy atom. The highest BCUT2D eigenvalue weighted by Gasteiger charge is 2.05. The molecule has 0 aliphatic heterocycles. The first-order valence-corrected chi connectivity index (χ1v) is 7.53. The smallest absolute Gasteiger partial charge is 0.0383 e. The Labute approximate surface area is 101 Å². The highest BCUT2D eigenvalue weighted by Crippen LogP contribution is 2.03. The highest BCUT2D eigenvalue weighted by atomic mass is 32.2. The molecular formula is C12H22N2OS. The van der Waals surface area contributed by atoms with Crippen LogP contribution in [0, 0.1) is 0 Å². The quantitative estimate of drug-likeness (QED) is 0.790. The summed E-state index contributed by atoms with van der Waals surface area (Å²) in [4.78, 5) is 0. The fourth-order valence-corrected chi connectivity index (χ4v) is 2.58. The van der Waals surface area contributed by atoms with Crippen molar-refractivity contribution in [3.8, 4) is 0 Å². The van der Waals surface area contributed by atoms with Crippen molar-refractivity contribution in [3.05, 3.63) is 24.0 Å². The van der Waals surface area contributed by atoms with E-state index in [1.807, 2.05) is 0 Å². The number of rotatable bonds is 7. The number of nitrogens with one attached hydrogen (secondary N) is 1. The van der Waals surface area contributed by atoms with Gasteiger partial charge >= 0.3 is 0 Å². The van der Waals surface area contributed by atoms with Crippen LogP contribution in [-0.2, 0) is 23.9 Å². The number of aromatic nitrogens is 1. The van der Waals surface area contributed by atoms with Crippen molar-refractivity contribution in [1.82, 2.24) is 9.88 Å². The summed E-state index contributed by atoms with van der Waals surface area (Å²) in [5, 5.41) is 3.40. The predicted molar refractivity (Wildman–Crippen MR) is 70.0 cm³/mol. The summed E-state index contributed by atoms with van der Waals surface area (Å²) in [7, 11) is -0.722. The molecule has 2 atom stereocenters. The van der Waals surface area contributed by atoms with E-state index in [4.69, 9.17) is 0 Å². The number of hydrogen-bond acceptors (Lipinski definition) is 2. The Morgan fingerprint density at radius 1 is 1.56 bits per heavy atom. The maximum Gasteiger partial charge on any atom is 0.0383 e. The molecule has 0 aromatic carbocycles. The van der Waals surface area contributed by atoms with Gasteiger partial charge in [0.1, 0.15) is 0 Å². The van der Waals surface area contributed by atoms with Crippen molar-refractivity contribution in [1.29, 1.82) is 0 Å². The second-order valence-corrected chi connectivity index (χ2v) is 5.69. The summed E-state index contributed by atoms with van der Waals surface area (Å²) >= 11 is 0. The van der Waals surface area contributed by atoms with Crippen LogP contribution < -0.4 is 5.32 Å². The zero-order valence-corrected chi connectivity index (χ0v) is 11.2. The van der Waals surface area contributed by atoms with Gasteiger partial charge in [0.05, 0.1) is 0 Å². The predicted octanol–water partition coefficient (Wildman–Crippen LogP) is 1.75. The molecule has 0 saturated carbocycles. The molecule has 92 valence electrons. The molecule has 0 radical (unpaired) electrons. The van der Waals surface area contributed by atoms with Crippen LogP contribution in [0.1, 0.15) is 26.0 Å². The van der Waals surface area contributed by atoms with Crippen molar-refractivity contribution in [2.24, 2.45) is 0 Å².